The molecular weight excluding hydrogens is 330 g/mol. The van der Waals surface area contributed by atoms with Crippen molar-refractivity contribution in [1.29, 1.82) is 0 Å². The van der Waals surface area contributed by atoms with Crippen LogP contribution < -0.4 is 4.74 Å². The Morgan fingerprint density at radius 2 is 1.88 bits per heavy atom. The monoisotopic (exact) mass is 347 g/mol. The zero-order chi connectivity index (χ0) is 16.8. The van der Waals surface area contributed by atoms with Gasteiger partial charge in [-0.05, 0) is 18.6 Å². The first-order chi connectivity index (χ1) is 12.3. The van der Waals surface area contributed by atoms with Crippen LogP contribution in [-0.2, 0) is 0 Å². The maximum Gasteiger partial charge on any atom is 0.224 e. The molecule has 2 atom stereocenters. The molecule has 0 unspecified atom stereocenters. The van der Waals surface area contributed by atoms with Crippen LogP contribution in [0.5, 0.6) is 5.75 Å². The average molecular weight is 347 g/mol. The molecule has 124 valence electrons. The van der Waals surface area contributed by atoms with E-state index in [2.05, 4.69) is 52.5 Å². The summed E-state index contributed by atoms with van der Waals surface area (Å²) in [6, 6.07) is 18.9. The molecule has 0 saturated heterocycles. The Labute approximate surface area is 150 Å². The fourth-order valence-electron chi connectivity index (χ4n) is 3.56. The molecule has 5 rings (SSSR count). The molecule has 2 aliphatic rings. The van der Waals surface area contributed by atoms with Crippen molar-refractivity contribution in [3.63, 3.8) is 0 Å². The molecule has 4 nitrogen and oxygen atoms in total. The molecule has 0 amide bonds. The summed E-state index contributed by atoms with van der Waals surface area (Å²) in [5.74, 6) is 0.950. The third-order valence-corrected chi connectivity index (χ3v) is 5.77. The second kappa shape index (κ2) is 5.70. The molecule has 2 aliphatic heterocycles. The number of hydrogen-bond acceptors (Lipinski definition) is 5. The van der Waals surface area contributed by atoms with E-state index in [1.54, 1.807) is 11.3 Å². The lowest BCUT2D eigenvalue weighted by Gasteiger charge is -2.37. The van der Waals surface area contributed by atoms with E-state index < -0.39 is 0 Å². The summed E-state index contributed by atoms with van der Waals surface area (Å²) in [7, 11) is 0. The summed E-state index contributed by atoms with van der Waals surface area (Å²) in [4.78, 5) is 5.53. The van der Waals surface area contributed by atoms with Crippen molar-refractivity contribution in [2.45, 2.75) is 25.6 Å². The number of aromatic nitrogens is 1. The second-order valence-corrected chi connectivity index (χ2v) is 7.21. The van der Waals surface area contributed by atoms with Crippen LogP contribution in [0.15, 0.2) is 65.2 Å². The van der Waals surface area contributed by atoms with Gasteiger partial charge in [-0.2, -0.15) is 5.10 Å². The number of para-hydroxylation sites is 1. The van der Waals surface area contributed by atoms with Gasteiger partial charge in [0.2, 0.25) is 6.23 Å². The molecule has 0 fully saturated rings. The predicted octanol–water partition coefficient (Wildman–Crippen LogP) is 4.69. The molecule has 5 heteroatoms. The van der Waals surface area contributed by atoms with Gasteiger partial charge >= 0.3 is 0 Å². The van der Waals surface area contributed by atoms with Crippen LogP contribution >= 0.6 is 11.3 Å². The van der Waals surface area contributed by atoms with Crippen molar-refractivity contribution in [2.75, 3.05) is 0 Å². The van der Waals surface area contributed by atoms with Crippen molar-refractivity contribution in [3.05, 3.63) is 81.8 Å². The van der Waals surface area contributed by atoms with E-state index in [4.69, 9.17) is 9.84 Å². The summed E-state index contributed by atoms with van der Waals surface area (Å²) in [6.07, 6.45) is 0.673. The van der Waals surface area contributed by atoms with Crippen molar-refractivity contribution < 1.29 is 4.74 Å². The molecule has 1 aromatic heterocycles. The number of nitrogens with zero attached hydrogens (tertiary/aromatic N) is 3. The number of rotatable bonds is 2. The summed E-state index contributed by atoms with van der Waals surface area (Å²) < 4.78 is 6.34. The Bertz CT molecular complexity index is 950. The van der Waals surface area contributed by atoms with E-state index in [1.165, 1.54) is 11.1 Å². The maximum absolute atomic E-state index is 6.34. The van der Waals surface area contributed by atoms with Crippen LogP contribution in [0, 0.1) is 6.92 Å². The number of ether oxygens (including phenoxy) is 1. The standard InChI is InChI=1S/C20H17N3OS/c1-13-19(25-12-21-13)20-23-17(15-9-5-6-10-18(15)24-20)11-16(22-23)14-7-3-2-4-8-14/h2-10,12,17,20H,11H2,1H3/t17-,20-/m1/s1. The minimum absolute atomic E-state index is 0.201. The van der Waals surface area contributed by atoms with Crippen LogP contribution in [0.4, 0.5) is 0 Å². The maximum atomic E-state index is 6.34. The molecule has 0 spiro atoms. The Hall–Kier alpha value is -2.66. The lowest BCUT2D eigenvalue weighted by Crippen LogP contribution is -2.33. The van der Waals surface area contributed by atoms with Gasteiger partial charge in [-0.3, -0.25) is 0 Å². The zero-order valence-electron chi connectivity index (χ0n) is 13.8. The summed E-state index contributed by atoms with van der Waals surface area (Å²) >= 11 is 1.63. The fraction of sp³-hybridized carbons (Fsp3) is 0.200. The summed E-state index contributed by atoms with van der Waals surface area (Å²) in [5, 5.41) is 7.08. The predicted molar refractivity (Wildman–Crippen MR) is 98.8 cm³/mol. The lowest BCUT2D eigenvalue weighted by atomic mass is 9.96. The van der Waals surface area contributed by atoms with E-state index in [0.29, 0.717) is 0 Å². The van der Waals surface area contributed by atoms with Gasteiger partial charge in [0.05, 0.1) is 27.8 Å². The van der Waals surface area contributed by atoms with Gasteiger partial charge in [0.15, 0.2) is 0 Å². The minimum Gasteiger partial charge on any atom is -0.463 e. The molecule has 0 N–H and O–H groups in total. The fourth-order valence-corrected chi connectivity index (χ4v) is 4.38. The molecule has 0 bridgehead atoms. The highest BCUT2D eigenvalue weighted by atomic mass is 32.1. The van der Waals surface area contributed by atoms with E-state index in [9.17, 15) is 0 Å². The molecule has 0 saturated carbocycles. The van der Waals surface area contributed by atoms with Crippen molar-refractivity contribution in [2.24, 2.45) is 5.10 Å². The van der Waals surface area contributed by atoms with Crippen LogP contribution in [0.1, 0.15) is 40.4 Å². The van der Waals surface area contributed by atoms with Crippen molar-refractivity contribution >= 4 is 17.0 Å². The van der Waals surface area contributed by atoms with Crippen LogP contribution in [0.25, 0.3) is 0 Å². The number of thiazole rings is 1. The normalized spacial score (nSPS) is 21.3. The Morgan fingerprint density at radius 1 is 1.08 bits per heavy atom. The number of hydrogen-bond donors (Lipinski definition) is 0. The van der Waals surface area contributed by atoms with Crippen LogP contribution in [-0.4, -0.2) is 15.7 Å². The largest absolute Gasteiger partial charge is 0.463 e. The first kappa shape index (κ1) is 14.7. The van der Waals surface area contributed by atoms with Crippen LogP contribution in [0.2, 0.25) is 0 Å². The Kier molecular flexibility index (Phi) is 3.35. The van der Waals surface area contributed by atoms with E-state index >= 15 is 0 Å². The third kappa shape index (κ3) is 2.35. The summed E-state index contributed by atoms with van der Waals surface area (Å²) in [6.45, 7) is 2.03. The van der Waals surface area contributed by atoms with Gasteiger partial charge in [0.1, 0.15) is 5.75 Å². The number of hydrazone groups is 1. The molecule has 3 aromatic rings. The highest BCUT2D eigenvalue weighted by Gasteiger charge is 2.41. The van der Waals surface area contributed by atoms with E-state index in [-0.39, 0.29) is 12.3 Å². The average Bonchev–Trinajstić information content (AvgIpc) is 3.28. The van der Waals surface area contributed by atoms with Crippen molar-refractivity contribution in [3.8, 4) is 5.75 Å². The molecule has 0 radical (unpaired) electrons. The molecule has 2 aromatic carbocycles. The summed E-state index contributed by atoms with van der Waals surface area (Å²) in [5.41, 5.74) is 6.38. The lowest BCUT2D eigenvalue weighted by molar-refractivity contribution is -0.0171. The number of fused-ring (bicyclic) bond motifs is 3. The quantitative estimate of drug-likeness (QED) is 0.675. The van der Waals surface area contributed by atoms with Crippen molar-refractivity contribution in [1.82, 2.24) is 9.99 Å². The van der Waals surface area contributed by atoms with Gasteiger partial charge in [-0.25, -0.2) is 9.99 Å². The Balaban J connectivity index is 1.62. The molecule has 25 heavy (non-hydrogen) atoms. The highest BCUT2D eigenvalue weighted by Crippen LogP contribution is 2.48. The van der Waals surface area contributed by atoms with Gasteiger partial charge < -0.3 is 4.74 Å². The molecule has 3 heterocycles. The minimum atomic E-state index is -0.214. The zero-order valence-corrected chi connectivity index (χ0v) is 14.6. The number of benzene rings is 2. The van der Waals surface area contributed by atoms with Gasteiger partial charge in [-0.15, -0.1) is 11.3 Å². The highest BCUT2D eigenvalue weighted by molar-refractivity contribution is 7.09. The van der Waals surface area contributed by atoms with Gasteiger partial charge in [-0.1, -0.05) is 48.5 Å². The van der Waals surface area contributed by atoms with Crippen LogP contribution in [0.3, 0.4) is 0 Å². The first-order valence-corrected chi connectivity index (χ1v) is 9.26. The molecular formula is C20H17N3OS. The van der Waals surface area contributed by atoms with Gasteiger partial charge in [0.25, 0.3) is 0 Å². The smallest absolute Gasteiger partial charge is 0.224 e. The first-order valence-electron chi connectivity index (χ1n) is 8.38. The third-order valence-electron chi connectivity index (χ3n) is 4.81. The second-order valence-electron chi connectivity index (χ2n) is 6.32. The Morgan fingerprint density at radius 3 is 2.68 bits per heavy atom. The van der Waals surface area contributed by atoms with Gasteiger partial charge in [0, 0.05) is 12.0 Å². The van der Waals surface area contributed by atoms with E-state index in [0.717, 1.165) is 28.5 Å². The topological polar surface area (TPSA) is 37.7 Å². The van der Waals surface area contributed by atoms with E-state index in [1.807, 2.05) is 24.6 Å². The molecule has 0 aliphatic carbocycles. The number of aryl methyl sites for hydroxylation is 1. The SMILES string of the molecule is Cc1ncsc1[C@H]1Oc2ccccc2[C@H]2CC(c3ccccc3)=NN21.